The Morgan fingerprint density at radius 2 is 1.50 bits per heavy atom. The van der Waals surface area contributed by atoms with Gasteiger partial charge in [-0.1, -0.05) is 48.5 Å². The molecule has 0 spiro atoms. The van der Waals surface area contributed by atoms with E-state index in [1.54, 1.807) is 6.20 Å². The molecule has 0 saturated carbocycles. The highest BCUT2D eigenvalue weighted by molar-refractivity contribution is 5.92. The van der Waals surface area contributed by atoms with Crippen molar-refractivity contribution in [2.75, 3.05) is 0 Å². The summed E-state index contributed by atoms with van der Waals surface area (Å²) < 4.78 is 2.12. The first-order valence-electron chi connectivity index (χ1n) is 7.14. The van der Waals surface area contributed by atoms with E-state index < -0.39 is 0 Å². The monoisotopic (exact) mass is 286 g/mol. The number of pyridine rings is 1. The van der Waals surface area contributed by atoms with Gasteiger partial charge in [0, 0.05) is 11.1 Å². The molecule has 0 radical (unpaired) electrons. The van der Waals surface area contributed by atoms with Crippen molar-refractivity contribution in [2.24, 2.45) is 0 Å². The number of hydrogen-bond donors (Lipinski definition) is 1. The molecule has 1 N–H and O–H groups in total. The predicted octanol–water partition coefficient (Wildman–Crippen LogP) is 4.40. The maximum Gasteiger partial charge on any atom is 0.143 e. The minimum atomic E-state index is 0.198. The highest BCUT2D eigenvalue weighted by Gasteiger charge is 2.14. The number of benzene rings is 2. The van der Waals surface area contributed by atoms with Gasteiger partial charge in [0.15, 0.2) is 0 Å². The molecule has 2 aromatic carbocycles. The normalized spacial score (nSPS) is 10.9. The van der Waals surface area contributed by atoms with Gasteiger partial charge in [0.2, 0.25) is 0 Å². The summed E-state index contributed by atoms with van der Waals surface area (Å²) in [5, 5.41) is 10.9. The van der Waals surface area contributed by atoms with Crippen LogP contribution in [0, 0.1) is 0 Å². The second-order valence-electron chi connectivity index (χ2n) is 5.16. The maximum atomic E-state index is 10.1. The molecule has 0 atom stereocenters. The van der Waals surface area contributed by atoms with E-state index in [0.717, 1.165) is 27.8 Å². The van der Waals surface area contributed by atoms with Gasteiger partial charge in [-0.15, -0.1) is 0 Å². The molecule has 22 heavy (non-hydrogen) atoms. The van der Waals surface area contributed by atoms with Crippen molar-refractivity contribution in [3.8, 4) is 22.7 Å². The molecule has 106 valence electrons. The zero-order valence-electron chi connectivity index (χ0n) is 11.8. The molecule has 3 nitrogen and oxygen atoms in total. The molecule has 0 aliphatic carbocycles. The standard InChI is InChI=1S/C19H14N2O/c22-19-13-20-12-18-16(19)11-17(14-7-3-1-4-8-14)21(18)15-9-5-2-6-10-15/h1-13,22H. The molecule has 0 aliphatic rings. The molecule has 2 aromatic heterocycles. The lowest BCUT2D eigenvalue weighted by molar-refractivity contribution is 0.479. The third-order valence-corrected chi connectivity index (χ3v) is 3.79. The number of para-hydroxylation sites is 1. The Labute approximate surface area is 128 Å². The SMILES string of the molecule is Oc1cncc2c1cc(-c1ccccc1)n2-c1ccccc1. The zero-order valence-corrected chi connectivity index (χ0v) is 11.8. The molecule has 3 heteroatoms. The first kappa shape index (κ1) is 12.7. The third-order valence-electron chi connectivity index (χ3n) is 3.79. The maximum absolute atomic E-state index is 10.1. The Balaban J connectivity index is 2.10. The molecular formula is C19H14N2O. The Hall–Kier alpha value is -3.07. The fourth-order valence-electron chi connectivity index (χ4n) is 2.78. The number of aromatic nitrogens is 2. The topological polar surface area (TPSA) is 38.1 Å². The van der Waals surface area contributed by atoms with Gasteiger partial charge in [-0.05, 0) is 23.8 Å². The van der Waals surface area contributed by atoms with Crippen LogP contribution in [0.2, 0.25) is 0 Å². The lowest BCUT2D eigenvalue weighted by atomic mass is 10.1. The Bertz CT molecular complexity index is 928. The third kappa shape index (κ3) is 1.95. The van der Waals surface area contributed by atoms with Crippen LogP contribution < -0.4 is 0 Å². The number of fused-ring (bicyclic) bond motifs is 1. The van der Waals surface area contributed by atoms with E-state index in [9.17, 15) is 5.11 Å². The van der Waals surface area contributed by atoms with Crippen LogP contribution in [0.3, 0.4) is 0 Å². The van der Waals surface area contributed by atoms with Gasteiger partial charge in [-0.2, -0.15) is 0 Å². The van der Waals surface area contributed by atoms with Crippen molar-refractivity contribution in [3.63, 3.8) is 0 Å². The molecule has 0 aliphatic heterocycles. The molecule has 4 aromatic rings. The Kier molecular flexibility index (Phi) is 2.90. The van der Waals surface area contributed by atoms with Gasteiger partial charge in [0.25, 0.3) is 0 Å². The Morgan fingerprint density at radius 1 is 0.818 bits per heavy atom. The van der Waals surface area contributed by atoms with Crippen molar-refractivity contribution in [1.29, 1.82) is 0 Å². The van der Waals surface area contributed by atoms with Crippen LogP contribution >= 0.6 is 0 Å². The number of hydrogen-bond acceptors (Lipinski definition) is 2. The van der Waals surface area contributed by atoms with Crippen LogP contribution in [0.5, 0.6) is 5.75 Å². The highest BCUT2D eigenvalue weighted by atomic mass is 16.3. The van der Waals surface area contributed by atoms with Gasteiger partial charge in [0.05, 0.1) is 23.6 Å². The zero-order chi connectivity index (χ0) is 14.9. The Morgan fingerprint density at radius 3 is 2.23 bits per heavy atom. The van der Waals surface area contributed by atoms with Crippen molar-refractivity contribution < 1.29 is 5.11 Å². The van der Waals surface area contributed by atoms with E-state index in [1.165, 1.54) is 6.20 Å². The molecule has 2 heterocycles. The molecule has 0 bridgehead atoms. The minimum absolute atomic E-state index is 0.198. The van der Waals surface area contributed by atoms with Crippen LogP contribution in [0.15, 0.2) is 79.1 Å². The smallest absolute Gasteiger partial charge is 0.143 e. The average molecular weight is 286 g/mol. The van der Waals surface area contributed by atoms with Gasteiger partial charge in [-0.25, -0.2) is 0 Å². The van der Waals surface area contributed by atoms with Crippen molar-refractivity contribution in [3.05, 3.63) is 79.1 Å². The van der Waals surface area contributed by atoms with Gasteiger partial charge < -0.3 is 9.67 Å². The van der Waals surface area contributed by atoms with Crippen LogP contribution in [-0.2, 0) is 0 Å². The van der Waals surface area contributed by atoms with Gasteiger partial charge >= 0.3 is 0 Å². The van der Waals surface area contributed by atoms with Crippen molar-refractivity contribution >= 4 is 10.9 Å². The molecule has 0 fully saturated rings. The summed E-state index contributed by atoms with van der Waals surface area (Å²) >= 11 is 0. The molecule has 0 amide bonds. The first-order chi connectivity index (χ1) is 10.8. The van der Waals surface area contributed by atoms with E-state index in [2.05, 4.69) is 33.8 Å². The summed E-state index contributed by atoms with van der Waals surface area (Å²) in [7, 11) is 0. The molecule has 4 rings (SSSR count). The van der Waals surface area contributed by atoms with Crippen molar-refractivity contribution in [2.45, 2.75) is 0 Å². The summed E-state index contributed by atoms with van der Waals surface area (Å²) in [6.07, 6.45) is 3.26. The van der Waals surface area contributed by atoms with E-state index in [4.69, 9.17) is 0 Å². The number of nitrogens with zero attached hydrogens (tertiary/aromatic N) is 2. The van der Waals surface area contributed by atoms with Crippen LogP contribution in [0.25, 0.3) is 27.8 Å². The summed E-state index contributed by atoms with van der Waals surface area (Å²) in [5.41, 5.74) is 4.07. The van der Waals surface area contributed by atoms with E-state index in [-0.39, 0.29) is 5.75 Å². The van der Waals surface area contributed by atoms with Crippen molar-refractivity contribution in [1.82, 2.24) is 9.55 Å². The second-order valence-corrected chi connectivity index (χ2v) is 5.16. The van der Waals surface area contributed by atoms with E-state index >= 15 is 0 Å². The first-order valence-corrected chi connectivity index (χ1v) is 7.14. The number of aromatic hydroxyl groups is 1. The highest BCUT2D eigenvalue weighted by Crippen LogP contribution is 2.34. The van der Waals surface area contributed by atoms with Crippen LogP contribution in [-0.4, -0.2) is 14.7 Å². The lowest BCUT2D eigenvalue weighted by Crippen LogP contribution is -1.96. The van der Waals surface area contributed by atoms with E-state index in [1.807, 2.05) is 42.5 Å². The van der Waals surface area contributed by atoms with Gasteiger partial charge in [-0.3, -0.25) is 4.98 Å². The largest absolute Gasteiger partial charge is 0.506 e. The van der Waals surface area contributed by atoms with Gasteiger partial charge in [0.1, 0.15) is 5.75 Å². The second kappa shape index (κ2) is 5.04. The molecular weight excluding hydrogens is 272 g/mol. The molecule has 0 saturated heterocycles. The minimum Gasteiger partial charge on any atom is -0.506 e. The average Bonchev–Trinajstić information content (AvgIpc) is 2.97. The van der Waals surface area contributed by atoms with E-state index in [0.29, 0.717) is 0 Å². The molecule has 0 unspecified atom stereocenters. The quantitative estimate of drug-likeness (QED) is 0.593. The summed E-state index contributed by atoms with van der Waals surface area (Å²) in [6.45, 7) is 0. The lowest BCUT2D eigenvalue weighted by Gasteiger charge is -2.10. The summed E-state index contributed by atoms with van der Waals surface area (Å²) in [4.78, 5) is 4.13. The van der Waals surface area contributed by atoms with Crippen LogP contribution in [0.1, 0.15) is 0 Å². The fraction of sp³-hybridized carbons (Fsp3) is 0. The fourth-order valence-corrected chi connectivity index (χ4v) is 2.78. The van der Waals surface area contributed by atoms with Crippen LogP contribution in [0.4, 0.5) is 0 Å². The summed E-state index contributed by atoms with van der Waals surface area (Å²) in [5.74, 6) is 0.198. The summed E-state index contributed by atoms with van der Waals surface area (Å²) in [6, 6.07) is 22.3. The number of rotatable bonds is 2. The predicted molar refractivity (Wildman–Crippen MR) is 88.2 cm³/mol.